The van der Waals surface area contributed by atoms with E-state index in [2.05, 4.69) is 26.0 Å². The zero-order valence-corrected chi connectivity index (χ0v) is 10.1. The van der Waals surface area contributed by atoms with Gasteiger partial charge < -0.3 is 10.5 Å². The fraction of sp³-hybridized carbons (Fsp3) is 0.538. The number of nitrogens with two attached hydrogens (primary N) is 1. The van der Waals surface area contributed by atoms with E-state index in [1.54, 1.807) is 0 Å². The van der Waals surface area contributed by atoms with Gasteiger partial charge in [-0.15, -0.1) is 0 Å². The van der Waals surface area contributed by atoms with Crippen molar-refractivity contribution in [1.82, 2.24) is 0 Å². The molecule has 84 valence electrons. The average molecular weight is 207 g/mol. The molecule has 0 aliphatic carbocycles. The van der Waals surface area contributed by atoms with Gasteiger partial charge in [0, 0.05) is 6.04 Å². The molecule has 2 heteroatoms. The molecule has 1 aromatic carbocycles. The Kier molecular flexibility index (Phi) is 4.15. The van der Waals surface area contributed by atoms with E-state index in [0.717, 1.165) is 12.2 Å². The first-order valence-corrected chi connectivity index (χ1v) is 5.53. The van der Waals surface area contributed by atoms with Crippen LogP contribution in [0.2, 0.25) is 0 Å². The first-order chi connectivity index (χ1) is 7.04. The van der Waals surface area contributed by atoms with Crippen LogP contribution in [0.15, 0.2) is 12.1 Å². The Morgan fingerprint density at radius 2 is 1.80 bits per heavy atom. The third-order valence-electron chi connectivity index (χ3n) is 2.51. The van der Waals surface area contributed by atoms with Gasteiger partial charge in [0.15, 0.2) is 0 Å². The lowest BCUT2D eigenvalue weighted by Crippen LogP contribution is -2.19. The molecule has 0 fully saturated rings. The molecule has 0 amide bonds. The standard InChI is InChI=1S/C13H21NO/c1-5-15-12-6-9(2)13(8-11(4)14)10(3)7-12/h6-7,11H,5,8,14H2,1-4H3. The van der Waals surface area contributed by atoms with E-state index in [4.69, 9.17) is 10.5 Å². The van der Waals surface area contributed by atoms with Crippen LogP contribution >= 0.6 is 0 Å². The molecule has 1 rings (SSSR count). The molecule has 15 heavy (non-hydrogen) atoms. The summed E-state index contributed by atoms with van der Waals surface area (Å²) in [4.78, 5) is 0. The van der Waals surface area contributed by atoms with E-state index in [-0.39, 0.29) is 6.04 Å². The van der Waals surface area contributed by atoms with E-state index in [1.165, 1.54) is 16.7 Å². The van der Waals surface area contributed by atoms with Crippen LogP contribution in [0.25, 0.3) is 0 Å². The van der Waals surface area contributed by atoms with E-state index in [9.17, 15) is 0 Å². The van der Waals surface area contributed by atoms with E-state index < -0.39 is 0 Å². The first kappa shape index (κ1) is 12.1. The molecule has 0 heterocycles. The second-order valence-corrected chi connectivity index (χ2v) is 4.15. The van der Waals surface area contributed by atoms with Crippen LogP contribution < -0.4 is 10.5 Å². The van der Waals surface area contributed by atoms with Crippen LogP contribution in [0.3, 0.4) is 0 Å². The topological polar surface area (TPSA) is 35.2 Å². The van der Waals surface area contributed by atoms with Crippen LogP contribution in [0, 0.1) is 13.8 Å². The molecular formula is C13H21NO. The summed E-state index contributed by atoms with van der Waals surface area (Å²) in [5, 5.41) is 0. The summed E-state index contributed by atoms with van der Waals surface area (Å²) in [6, 6.07) is 4.39. The maximum absolute atomic E-state index is 5.83. The molecule has 0 saturated carbocycles. The monoisotopic (exact) mass is 207 g/mol. The normalized spacial score (nSPS) is 12.6. The van der Waals surface area contributed by atoms with Gasteiger partial charge >= 0.3 is 0 Å². The highest BCUT2D eigenvalue weighted by Gasteiger charge is 2.07. The van der Waals surface area contributed by atoms with Crippen LogP contribution in [-0.2, 0) is 6.42 Å². The van der Waals surface area contributed by atoms with Crippen LogP contribution in [0.4, 0.5) is 0 Å². The summed E-state index contributed by atoms with van der Waals surface area (Å²) in [5.41, 5.74) is 9.73. The molecule has 0 bridgehead atoms. The lowest BCUT2D eigenvalue weighted by molar-refractivity contribution is 0.339. The Morgan fingerprint density at radius 3 is 2.20 bits per heavy atom. The minimum Gasteiger partial charge on any atom is -0.494 e. The van der Waals surface area contributed by atoms with Crippen molar-refractivity contribution < 1.29 is 4.74 Å². The minimum atomic E-state index is 0.209. The molecular weight excluding hydrogens is 186 g/mol. The molecule has 2 N–H and O–H groups in total. The second-order valence-electron chi connectivity index (χ2n) is 4.15. The third kappa shape index (κ3) is 3.24. The van der Waals surface area contributed by atoms with Crippen molar-refractivity contribution in [2.45, 2.75) is 40.2 Å². The summed E-state index contributed by atoms with van der Waals surface area (Å²) in [6.07, 6.45) is 0.935. The summed E-state index contributed by atoms with van der Waals surface area (Å²) in [7, 11) is 0. The number of rotatable bonds is 4. The lowest BCUT2D eigenvalue weighted by atomic mass is 9.97. The van der Waals surface area contributed by atoms with Crippen molar-refractivity contribution >= 4 is 0 Å². The Bertz CT molecular complexity index is 308. The van der Waals surface area contributed by atoms with Crippen LogP contribution in [0.1, 0.15) is 30.5 Å². The van der Waals surface area contributed by atoms with Gasteiger partial charge in [-0.05, 0) is 62.9 Å². The molecule has 0 aliphatic heterocycles. The smallest absolute Gasteiger partial charge is 0.119 e. The zero-order valence-electron chi connectivity index (χ0n) is 10.1. The lowest BCUT2D eigenvalue weighted by Gasteiger charge is -2.14. The molecule has 1 unspecified atom stereocenters. The van der Waals surface area contributed by atoms with Crippen molar-refractivity contribution in [3.8, 4) is 5.75 Å². The van der Waals surface area contributed by atoms with Gasteiger partial charge in [0.1, 0.15) is 5.75 Å². The number of hydrogen-bond acceptors (Lipinski definition) is 2. The Hall–Kier alpha value is -1.02. The zero-order chi connectivity index (χ0) is 11.4. The Labute approximate surface area is 92.4 Å². The van der Waals surface area contributed by atoms with Gasteiger partial charge in [0.05, 0.1) is 6.61 Å². The highest BCUT2D eigenvalue weighted by Crippen LogP contribution is 2.22. The van der Waals surface area contributed by atoms with Gasteiger partial charge in [-0.2, -0.15) is 0 Å². The quantitative estimate of drug-likeness (QED) is 0.823. The van der Waals surface area contributed by atoms with Crippen LogP contribution in [-0.4, -0.2) is 12.6 Å². The van der Waals surface area contributed by atoms with E-state index in [1.807, 2.05) is 13.8 Å². The van der Waals surface area contributed by atoms with Crippen molar-refractivity contribution in [3.63, 3.8) is 0 Å². The predicted molar refractivity (Wildman–Crippen MR) is 64.4 cm³/mol. The molecule has 0 aliphatic rings. The third-order valence-corrected chi connectivity index (χ3v) is 2.51. The maximum atomic E-state index is 5.83. The molecule has 0 spiro atoms. The summed E-state index contributed by atoms with van der Waals surface area (Å²) < 4.78 is 5.50. The van der Waals surface area contributed by atoms with Gasteiger partial charge in [-0.3, -0.25) is 0 Å². The SMILES string of the molecule is CCOc1cc(C)c(CC(C)N)c(C)c1. The van der Waals surface area contributed by atoms with Gasteiger partial charge in [0.2, 0.25) is 0 Å². The molecule has 0 radical (unpaired) electrons. The molecule has 2 nitrogen and oxygen atoms in total. The van der Waals surface area contributed by atoms with Crippen molar-refractivity contribution in [3.05, 3.63) is 28.8 Å². The van der Waals surface area contributed by atoms with E-state index >= 15 is 0 Å². The molecule has 0 saturated heterocycles. The van der Waals surface area contributed by atoms with Crippen molar-refractivity contribution in [2.24, 2.45) is 5.73 Å². The molecule has 1 atom stereocenters. The molecule has 0 aromatic heterocycles. The van der Waals surface area contributed by atoms with Crippen molar-refractivity contribution in [2.75, 3.05) is 6.61 Å². The first-order valence-electron chi connectivity index (χ1n) is 5.53. The number of aryl methyl sites for hydroxylation is 2. The highest BCUT2D eigenvalue weighted by molar-refractivity contribution is 5.41. The fourth-order valence-electron chi connectivity index (χ4n) is 1.85. The number of benzene rings is 1. The largest absolute Gasteiger partial charge is 0.494 e. The summed E-state index contributed by atoms with van der Waals surface area (Å²) in [5.74, 6) is 0.959. The number of hydrogen-bond donors (Lipinski definition) is 1. The number of ether oxygens (including phenoxy) is 1. The second kappa shape index (κ2) is 5.17. The van der Waals surface area contributed by atoms with E-state index in [0.29, 0.717) is 6.61 Å². The Morgan fingerprint density at radius 1 is 1.27 bits per heavy atom. The molecule has 1 aromatic rings. The van der Waals surface area contributed by atoms with Crippen molar-refractivity contribution in [1.29, 1.82) is 0 Å². The average Bonchev–Trinajstić information content (AvgIpc) is 2.11. The summed E-state index contributed by atoms with van der Waals surface area (Å²) >= 11 is 0. The van der Waals surface area contributed by atoms with Gasteiger partial charge in [-0.25, -0.2) is 0 Å². The van der Waals surface area contributed by atoms with Gasteiger partial charge in [0.25, 0.3) is 0 Å². The predicted octanol–water partition coefficient (Wildman–Crippen LogP) is 2.59. The van der Waals surface area contributed by atoms with Crippen LogP contribution in [0.5, 0.6) is 5.75 Å². The Balaban J connectivity index is 2.98. The minimum absolute atomic E-state index is 0.209. The maximum Gasteiger partial charge on any atom is 0.119 e. The van der Waals surface area contributed by atoms with Gasteiger partial charge in [-0.1, -0.05) is 0 Å². The fourth-order valence-corrected chi connectivity index (χ4v) is 1.85. The highest BCUT2D eigenvalue weighted by atomic mass is 16.5. The summed E-state index contributed by atoms with van der Waals surface area (Å²) in [6.45, 7) is 8.99.